The summed E-state index contributed by atoms with van der Waals surface area (Å²) >= 11 is 6.04. The van der Waals surface area contributed by atoms with Crippen LogP contribution in [0.25, 0.3) is 10.9 Å². The van der Waals surface area contributed by atoms with Gasteiger partial charge in [0.2, 0.25) is 0 Å². The van der Waals surface area contributed by atoms with Crippen molar-refractivity contribution in [2.75, 3.05) is 19.6 Å². The summed E-state index contributed by atoms with van der Waals surface area (Å²) in [6, 6.07) is 9.87. The van der Waals surface area contributed by atoms with Gasteiger partial charge in [-0.25, -0.2) is 9.66 Å². The standard InChI is InChI=1S/C20H18ClN3O4/c1-27-16-5-3-4-14(17(16)28-2)19(25)23-24-18(11-6-7-11)22-15-10-12(21)8-9-13(15)20(24)26/h3-5,8-11H,6-7H2,1-2H3,(H,23,25). The Hall–Kier alpha value is -3.06. The van der Waals surface area contributed by atoms with Gasteiger partial charge in [0.1, 0.15) is 5.82 Å². The molecule has 7 nitrogen and oxygen atoms in total. The molecule has 0 bridgehead atoms. The number of benzene rings is 2. The third-order valence-electron chi connectivity index (χ3n) is 4.66. The fourth-order valence-corrected chi connectivity index (χ4v) is 3.29. The summed E-state index contributed by atoms with van der Waals surface area (Å²) < 4.78 is 11.8. The molecule has 0 unspecified atom stereocenters. The normalized spacial score (nSPS) is 13.4. The molecule has 0 aliphatic heterocycles. The van der Waals surface area contributed by atoms with E-state index < -0.39 is 5.91 Å². The van der Waals surface area contributed by atoms with Crippen molar-refractivity contribution in [1.82, 2.24) is 9.66 Å². The molecule has 0 atom stereocenters. The maximum absolute atomic E-state index is 13.0. The molecule has 8 heteroatoms. The summed E-state index contributed by atoms with van der Waals surface area (Å²) in [5.74, 6) is 0.883. The highest BCUT2D eigenvalue weighted by molar-refractivity contribution is 6.31. The lowest BCUT2D eigenvalue weighted by Crippen LogP contribution is -2.36. The second-order valence-electron chi connectivity index (χ2n) is 6.53. The smallest absolute Gasteiger partial charge is 0.280 e. The molecular formula is C20H18ClN3O4. The molecular weight excluding hydrogens is 382 g/mol. The predicted molar refractivity (Wildman–Crippen MR) is 106 cm³/mol. The van der Waals surface area contributed by atoms with Gasteiger partial charge in [-0.05, 0) is 43.2 Å². The highest BCUT2D eigenvalue weighted by atomic mass is 35.5. The number of fused-ring (bicyclic) bond motifs is 1. The second-order valence-corrected chi connectivity index (χ2v) is 6.96. The van der Waals surface area contributed by atoms with Crippen LogP contribution in [0.1, 0.15) is 34.9 Å². The highest BCUT2D eigenvalue weighted by Crippen LogP contribution is 2.39. The first-order valence-electron chi connectivity index (χ1n) is 8.78. The summed E-state index contributed by atoms with van der Waals surface area (Å²) in [4.78, 5) is 30.6. The van der Waals surface area contributed by atoms with Gasteiger partial charge in [0.15, 0.2) is 11.5 Å². The number of para-hydroxylation sites is 1. The molecule has 1 saturated carbocycles. The SMILES string of the molecule is COc1cccc(C(=O)Nn2c(C3CC3)nc3cc(Cl)ccc3c2=O)c1OC. The molecule has 1 aliphatic rings. The van der Waals surface area contributed by atoms with Gasteiger partial charge < -0.3 is 9.47 Å². The molecule has 144 valence electrons. The Morgan fingerprint density at radius 2 is 2.00 bits per heavy atom. The maximum Gasteiger partial charge on any atom is 0.280 e. The van der Waals surface area contributed by atoms with Gasteiger partial charge in [0, 0.05) is 10.9 Å². The van der Waals surface area contributed by atoms with Crippen LogP contribution in [0.4, 0.5) is 0 Å². The Bertz CT molecular complexity index is 1140. The highest BCUT2D eigenvalue weighted by Gasteiger charge is 2.30. The van der Waals surface area contributed by atoms with Gasteiger partial charge in [0.25, 0.3) is 11.5 Å². The lowest BCUT2D eigenvalue weighted by atomic mass is 10.1. The first kappa shape index (κ1) is 18.3. The largest absolute Gasteiger partial charge is 0.493 e. The average Bonchev–Trinajstić information content (AvgIpc) is 3.54. The number of amides is 1. The molecule has 0 spiro atoms. The number of carbonyl (C=O) groups is 1. The first-order valence-corrected chi connectivity index (χ1v) is 9.16. The van der Waals surface area contributed by atoms with Crippen LogP contribution in [0.5, 0.6) is 11.5 Å². The molecule has 1 aromatic heterocycles. The third-order valence-corrected chi connectivity index (χ3v) is 4.90. The molecule has 28 heavy (non-hydrogen) atoms. The van der Waals surface area contributed by atoms with Crippen molar-refractivity contribution in [3.63, 3.8) is 0 Å². The number of rotatable bonds is 5. The van der Waals surface area contributed by atoms with Gasteiger partial charge in [0.05, 0.1) is 30.7 Å². The topological polar surface area (TPSA) is 82.5 Å². The van der Waals surface area contributed by atoms with Gasteiger partial charge >= 0.3 is 0 Å². The van der Waals surface area contributed by atoms with Crippen molar-refractivity contribution in [2.24, 2.45) is 0 Å². The molecule has 4 rings (SSSR count). The Kier molecular flexibility index (Phi) is 4.68. The Balaban J connectivity index is 1.81. The van der Waals surface area contributed by atoms with Crippen LogP contribution in [0, 0.1) is 0 Å². The number of hydrogen-bond donors (Lipinski definition) is 1. The molecule has 0 radical (unpaired) electrons. The van der Waals surface area contributed by atoms with Crippen molar-refractivity contribution >= 4 is 28.4 Å². The van der Waals surface area contributed by atoms with Crippen LogP contribution >= 0.6 is 11.6 Å². The fourth-order valence-electron chi connectivity index (χ4n) is 3.13. The first-order chi connectivity index (χ1) is 13.5. The van der Waals surface area contributed by atoms with E-state index in [-0.39, 0.29) is 17.0 Å². The van der Waals surface area contributed by atoms with Crippen molar-refractivity contribution in [3.8, 4) is 11.5 Å². The molecule has 3 aromatic rings. The maximum atomic E-state index is 13.0. The van der Waals surface area contributed by atoms with Gasteiger partial charge in [-0.15, -0.1) is 0 Å². The number of nitrogens with zero attached hydrogens (tertiary/aromatic N) is 2. The van der Waals surface area contributed by atoms with Crippen LogP contribution in [0.15, 0.2) is 41.2 Å². The fraction of sp³-hybridized carbons (Fsp3) is 0.250. The van der Waals surface area contributed by atoms with Crippen molar-refractivity contribution in [3.05, 3.63) is 63.2 Å². The lowest BCUT2D eigenvalue weighted by molar-refractivity contribution is 0.100. The molecule has 1 aliphatic carbocycles. The summed E-state index contributed by atoms with van der Waals surface area (Å²) in [6.07, 6.45) is 1.83. The Labute approximate surface area is 165 Å². The zero-order valence-electron chi connectivity index (χ0n) is 15.4. The van der Waals surface area contributed by atoms with E-state index >= 15 is 0 Å². The minimum absolute atomic E-state index is 0.128. The van der Waals surface area contributed by atoms with E-state index in [1.807, 2.05) is 0 Å². The zero-order valence-corrected chi connectivity index (χ0v) is 16.1. The number of carbonyl (C=O) groups excluding carboxylic acids is 1. The summed E-state index contributed by atoms with van der Waals surface area (Å²) in [5, 5.41) is 0.885. The monoisotopic (exact) mass is 399 g/mol. The minimum Gasteiger partial charge on any atom is -0.493 e. The Morgan fingerprint density at radius 1 is 1.21 bits per heavy atom. The van der Waals surface area contributed by atoms with Crippen molar-refractivity contribution in [2.45, 2.75) is 18.8 Å². The molecule has 2 aromatic carbocycles. The molecule has 1 N–H and O–H groups in total. The number of methoxy groups -OCH3 is 2. The van der Waals surface area contributed by atoms with Crippen molar-refractivity contribution < 1.29 is 14.3 Å². The van der Waals surface area contributed by atoms with E-state index in [9.17, 15) is 9.59 Å². The van der Waals surface area contributed by atoms with Crippen LogP contribution in [-0.2, 0) is 0 Å². The number of nitrogens with one attached hydrogen (secondary N) is 1. The van der Waals surface area contributed by atoms with Gasteiger partial charge in [-0.1, -0.05) is 17.7 Å². The van der Waals surface area contributed by atoms with E-state index in [0.29, 0.717) is 33.2 Å². The van der Waals surface area contributed by atoms with Crippen LogP contribution in [0.2, 0.25) is 5.02 Å². The van der Waals surface area contributed by atoms with Gasteiger partial charge in [-0.2, -0.15) is 0 Å². The zero-order chi connectivity index (χ0) is 19.8. The molecule has 1 amide bonds. The third kappa shape index (κ3) is 3.18. The van der Waals surface area contributed by atoms with E-state index in [4.69, 9.17) is 21.1 Å². The van der Waals surface area contributed by atoms with Crippen molar-refractivity contribution in [1.29, 1.82) is 0 Å². The second kappa shape index (κ2) is 7.16. The van der Waals surface area contributed by atoms with Crippen LogP contribution in [0.3, 0.4) is 0 Å². The number of aromatic nitrogens is 2. The summed E-state index contributed by atoms with van der Waals surface area (Å²) in [6.45, 7) is 0. The predicted octanol–water partition coefficient (Wildman–Crippen LogP) is 3.33. The molecule has 1 fully saturated rings. The number of halogens is 1. The number of ether oxygens (including phenoxy) is 2. The summed E-state index contributed by atoms with van der Waals surface area (Å²) in [7, 11) is 2.95. The van der Waals surface area contributed by atoms with Gasteiger partial charge in [-0.3, -0.25) is 15.0 Å². The lowest BCUT2D eigenvalue weighted by Gasteiger charge is -2.16. The van der Waals surface area contributed by atoms with E-state index in [1.165, 1.54) is 18.9 Å². The minimum atomic E-state index is -0.491. The summed E-state index contributed by atoms with van der Waals surface area (Å²) in [5.41, 5.74) is 3.11. The molecule has 0 saturated heterocycles. The number of hydrogen-bond acceptors (Lipinski definition) is 5. The van der Waals surface area contributed by atoms with E-state index in [2.05, 4.69) is 10.4 Å². The van der Waals surface area contributed by atoms with E-state index in [0.717, 1.165) is 12.8 Å². The Morgan fingerprint density at radius 3 is 2.68 bits per heavy atom. The quantitative estimate of drug-likeness (QED) is 0.711. The average molecular weight is 400 g/mol. The van der Waals surface area contributed by atoms with Crippen LogP contribution in [-0.4, -0.2) is 29.8 Å². The molecule has 1 heterocycles. The van der Waals surface area contributed by atoms with E-state index in [1.54, 1.807) is 36.4 Å². The van der Waals surface area contributed by atoms with Crippen LogP contribution < -0.4 is 20.5 Å².